The minimum absolute atomic E-state index is 0.0705. The number of likely N-dealkylation sites (tertiary alicyclic amines) is 1. The Labute approximate surface area is 135 Å². The van der Waals surface area contributed by atoms with Gasteiger partial charge in [-0.1, -0.05) is 6.07 Å². The molecule has 1 heterocycles. The quantitative estimate of drug-likeness (QED) is 0.681. The molecule has 1 saturated heterocycles. The molecule has 1 aromatic rings. The molecule has 7 nitrogen and oxygen atoms in total. The zero-order valence-corrected chi connectivity index (χ0v) is 13.7. The van der Waals surface area contributed by atoms with Crippen LogP contribution in [0.1, 0.15) is 33.6 Å². The van der Waals surface area contributed by atoms with Crippen molar-refractivity contribution in [1.29, 1.82) is 0 Å². The number of carbonyl (C=O) groups excluding carboxylic acids is 1. The first-order chi connectivity index (χ1) is 10.7. The second kappa shape index (κ2) is 6.85. The summed E-state index contributed by atoms with van der Waals surface area (Å²) in [5.41, 5.74) is 0.311. The van der Waals surface area contributed by atoms with Gasteiger partial charge in [0.05, 0.1) is 4.92 Å². The van der Waals surface area contributed by atoms with Crippen LogP contribution in [-0.2, 0) is 4.74 Å². The molecule has 1 aliphatic heterocycles. The van der Waals surface area contributed by atoms with Crippen molar-refractivity contribution in [3.05, 3.63) is 34.4 Å². The van der Waals surface area contributed by atoms with E-state index in [4.69, 9.17) is 4.74 Å². The zero-order chi connectivity index (χ0) is 17.0. The molecule has 23 heavy (non-hydrogen) atoms. The molecule has 7 heteroatoms. The van der Waals surface area contributed by atoms with Gasteiger partial charge in [0.25, 0.3) is 5.69 Å². The number of nitro groups is 1. The predicted octanol–water partition coefficient (Wildman–Crippen LogP) is 3.41. The van der Waals surface area contributed by atoms with Gasteiger partial charge >= 0.3 is 6.09 Å². The molecule has 0 bridgehead atoms. The van der Waals surface area contributed by atoms with Gasteiger partial charge in [-0.05, 0) is 39.7 Å². The summed E-state index contributed by atoms with van der Waals surface area (Å²) >= 11 is 0. The highest BCUT2D eigenvalue weighted by Crippen LogP contribution is 2.21. The van der Waals surface area contributed by atoms with Gasteiger partial charge in [-0.3, -0.25) is 10.1 Å². The zero-order valence-electron chi connectivity index (χ0n) is 13.7. The molecular formula is C16H23N3O4. The Balaban J connectivity index is 1.86. The Bertz CT molecular complexity index is 575. The molecule has 1 aromatic carbocycles. The summed E-state index contributed by atoms with van der Waals surface area (Å²) in [6, 6.07) is 6.66. The van der Waals surface area contributed by atoms with E-state index in [-0.39, 0.29) is 17.8 Å². The van der Waals surface area contributed by atoms with Crippen LogP contribution in [0.15, 0.2) is 24.3 Å². The van der Waals surface area contributed by atoms with Crippen LogP contribution in [0.3, 0.4) is 0 Å². The number of carbonyl (C=O) groups is 1. The summed E-state index contributed by atoms with van der Waals surface area (Å²) in [4.78, 5) is 24.1. The average molecular weight is 321 g/mol. The Kier molecular flexibility index (Phi) is 5.08. The smallest absolute Gasteiger partial charge is 0.410 e. The summed E-state index contributed by atoms with van der Waals surface area (Å²) in [5, 5.41) is 14.1. The van der Waals surface area contributed by atoms with Crippen molar-refractivity contribution in [3.8, 4) is 0 Å². The molecule has 0 aliphatic carbocycles. The van der Waals surface area contributed by atoms with Crippen LogP contribution in [0.2, 0.25) is 0 Å². The number of rotatable bonds is 3. The number of nitrogens with zero attached hydrogens (tertiary/aromatic N) is 2. The Morgan fingerprint density at radius 1 is 1.35 bits per heavy atom. The molecule has 2 rings (SSSR count). The number of non-ortho nitro benzene ring substituents is 1. The third kappa shape index (κ3) is 5.12. The summed E-state index contributed by atoms with van der Waals surface area (Å²) < 4.78 is 5.36. The summed E-state index contributed by atoms with van der Waals surface area (Å²) in [5.74, 6) is 0. The SMILES string of the molecule is CC(C)(C)OC(=O)N1CCC(Nc2cccc([N+](=O)[O-])c2)CC1. The van der Waals surface area contributed by atoms with E-state index in [1.165, 1.54) is 12.1 Å². The van der Waals surface area contributed by atoms with Gasteiger partial charge < -0.3 is 15.0 Å². The van der Waals surface area contributed by atoms with Crippen molar-refractivity contribution < 1.29 is 14.5 Å². The fourth-order valence-electron chi connectivity index (χ4n) is 2.48. The molecule has 0 spiro atoms. The molecule has 1 aliphatic rings. The molecule has 126 valence electrons. The van der Waals surface area contributed by atoms with Crippen molar-refractivity contribution in [3.63, 3.8) is 0 Å². The Hall–Kier alpha value is -2.31. The lowest BCUT2D eigenvalue weighted by Crippen LogP contribution is -2.44. The van der Waals surface area contributed by atoms with E-state index in [1.807, 2.05) is 26.8 Å². The van der Waals surface area contributed by atoms with Crippen LogP contribution in [0.4, 0.5) is 16.2 Å². The minimum Gasteiger partial charge on any atom is -0.444 e. The van der Waals surface area contributed by atoms with Crippen molar-refractivity contribution in [2.24, 2.45) is 0 Å². The number of nitrogens with one attached hydrogen (secondary N) is 1. The van der Waals surface area contributed by atoms with E-state index in [2.05, 4.69) is 5.32 Å². The lowest BCUT2D eigenvalue weighted by Gasteiger charge is -2.34. The van der Waals surface area contributed by atoms with Crippen LogP contribution in [0.5, 0.6) is 0 Å². The lowest BCUT2D eigenvalue weighted by molar-refractivity contribution is -0.384. The van der Waals surface area contributed by atoms with Gasteiger partial charge in [0.2, 0.25) is 0 Å². The van der Waals surface area contributed by atoms with Crippen LogP contribution in [0, 0.1) is 10.1 Å². The van der Waals surface area contributed by atoms with Gasteiger partial charge in [0.15, 0.2) is 0 Å². The average Bonchev–Trinajstić information content (AvgIpc) is 2.46. The van der Waals surface area contributed by atoms with E-state index in [0.717, 1.165) is 18.5 Å². The fraction of sp³-hybridized carbons (Fsp3) is 0.562. The molecule has 0 atom stereocenters. The molecule has 1 N–H and O–H groups in total. The van der Waals surface area contributed by atoms with Gasteiger partial charge in [-0.25, -0.2) is 4.79 Å². The van der Waals surface area contributed by atoms with Gasteiger partial charge in [-0.2, -0.15) is 0 Å². The minimum atomic E-state index is -0.491. The second-order valence-corrected chi connectivity index (χ2v) is 6.69. The maximum absolute atomic E-state index is 12.0. The number of hydrogen-bond donors (Lipinski definition) is 1. The van der Waals surface area contributed by atoms with Crippen LogP contribution in [0.25, 0.3) is 0 Å². The maximum atomic E-state index is 12.0. The van der Waals surface area contributed by atoms with E-state index < -0.39 is 10.5 Å². The standard InChI is InChI=1S/C16H23N3O4/c1-16(2,3)23-15(20)18-9-7-12(8-10-18)17-13-5-4-6-14(11-13)19(21)22/h4-6,11-12,17H,7-10H2,1-3H3. The first-order valence-electron chi connectivity index (χ1n) is 7.73. The van der Waals surface area contributed by atoms with E-state index in [9.17, 15) is 14.9 Å². The lowest BCUT2D eigenvalue weighted by atomic mass is 10.0. The molecule has 0 radical (unpaired) electrons. The van der Waals surface area contributed by atoms with Crippen LogP contribution < -0.4 is 5.32 Å². The van der Waals surface area contributed by atoms with Crippen LogP contribution in [-0.4, -0.2) is 40.6 Å². The fourth-order valence-corrected chi connectivity index (χ4v) is 2.48. The Morgan fingerprint density at radius 3 is 2.57 bits per heavy atom. The van der Waals surface area contributed by atoms with Gasteiger partial charge in [0, 0.05) is 37.0 Å². The highest BCUT2D eigenvalue weighted by Gasteiger charge is 2.26. The Morgan fingerprint density at radius 2 is 2.00 bits per heavy atom. The number of anilines is 1. The monoisotopic (exact) mass is 321 g/mol. The third-order valence-corrected chi connectivity index (χ3v) is 3.57. The highest BCUT2D eigenvalue weighted by atomic mass is 16.6. The van der Waals surface area contributed by atoms with Crippen molar-refractivity contribution in [1.82, 2.24) is 4.90 Å². The predicted molar refractivity (Wildman–Crippen MR) is 87.5 cm³/mol. The number of ether oxygens (including phenoxy) is 1. The number of benzene rings is 1. The number of piperidine rings is 1. The second-order valence-electron chi connectivity index (χ2n) is 6.69. The largest absolute Gasteiger partial charge is 0.444 e. The maximum Gasteiger partial charge on any atom is 0.410 e. The normalized spacial score (nSPS) is 16.0. The topological polar surface area (TPSA) is 84.7 Å². The molecular weight excluding hydrogens is 298 g/mol. The van der Waals surface area contributed by atoms with E-state index in [0.29, 0.717) is 13.1 Å². The molecule has 0 unspecified atom stereocenters. The first-order valence-corrected chi connectivity index (χ1v) is 7.73. The first kappa shape index (κ1) is 17.1. The van der Waals surface area contributed by atoms with Crippen molar-refractivity contribution >= 4 is 17.5 Å². The molecule has 0 aromatic heterocycles. The molecule has 1 amide bonds. The van der Waals surface area contributed by atoms with Crippen molar-refractivity contribution in [2.75, 3.05) is 18.4 Å². The highest BCUT2D eigenvalue weighted by molar-refractivity contribution is 5.68. The van der Waals surface area contributed by atoms with Gasteiger partial charge in [0.1, 0.15) is 5.60 Å². The van der Waals surface area contributed by atoms with Crippen molar-refractivity contribution in [2.45, 2.75) is 45.3 Å². The molecule has 0 saturated carbocycles. The van der Waals surface area contributed by atoms with E-state index in [1.54, 1.807) is 11.0 Å². The number of nitro benzene ring substituents is 1. The third-order valence-electron chi connectivity index (χ3n) is 3.57. The van der Waals surface area contributed by atoms with E-state index >= 15 is 0 Å². The summed E-state index contributed by atoms with van der Waals surface area (Å²) in [7, 11) is 0. The van der Waals surface area contributed by atoms with Gasteiger partial charge in [-0.15, -0.1) is 0 Å². The number of hydrogen-bond acceptors (Lipinski definition) is 5. The number of amides is 1. The van der Waals surface area contributed by atoms with Crippen LogP contribution >= 0.6 is 0 Å². The summed E-state index contributed by atoms with van der Waals surface area (Å²) in [6.45, 7) is 6.77. The molecule has 1 fully saturated rings. The summed E-state index contributed by atoms with van der Waals surface area (Å²) in [6.07, 6.45) is 1.27.